The number of thiophene rings is 1. The highest BCUT2D eigenvalue weighted by atomic mass is 32.1. The van der Waals surface area contributed by atoms with Crippen molar-refractivity contribution in [3.8, 4) is 0 Å². The molecule has 4 rings (SSSR count). The van der Waals surface area contributed by atoms with Gasteiger partial charge in [0.15, 0.2) is 5.78 Å². The lowest BCUT2D eigenvalue weighted by Gasteiger charge is -2.36. The molecule has 1 aromatic rings. The highest BCUT2D eigenvalue weighted by Crippen LogP contribution is 2.44. The first-order valence-corrected chi connectivity index (χ1v) is 9.69. The maximum atomic E-state index is 13.3. The van der Waals surface area contributed by atoms with Crippen LogP contribution in [-0.4, -0.2) is 42.9 Å². The molecule has 1 N–H and O–H groups in total. The van der Waals surface area contributed by atoms with Crippen molar-refractivity contribution in [1.29, 1.82) is 0 Å². The van der Waals surface area contributed by atoms with Crippen molar-refractivity contribution in [2.75, 3.05) is 26.3 Å². The van der Waals surface area contributed by atoms with Crippen molar-refractivity contribution < 1.29 is 14.3 Å². The van der Waals surface area contributed by atoms with Gasteiger partial charge in [0.25, 0.3) is 5.91 Å². The fourth-order valence-electron chi connectivity index (χ4n) is 3.94. The lowest BCUT2D eigenvalue weighted by Crippen LogP contribution is -2.44. The monoisotopic (exact) mass is 358 g/mol. The minimum Gasteiger partial charge on any atom is -0.378 e. The van der Waals surface area contributed by atoms with E-state index in [9.17, 15) is 9.59 Å². The molecule has 0 radical (unpaired) electrons. The molecular weight excluding hydrogens is 336 g/mol. The van der Waals surface area contributed by atoms with Crippen LogP contribution >= 0.6 is 11.3 Å². The second-order valence-corrected chi connectivity index (χ2v) is 7.66. The molecule has 1 unspecified atom stereocenters. The molecule has 3 heterocycles. The van der Waals surface area contributed by atoms with Crippen molar-refractivity contribution in [3.63, 3.8) is 0 Å². The van der Waals surface area contributed by atoms with Gasteiger partial charge in [-0.05, 0) is 31.2 Å². The number of nitrogens with zero attached hydrogens (tertiary/aromatic N) is 1. The first kappa shape index (κ1) is 16.5. The fraction of sp³-hybridized carbons (Fsp3) is 0.474. The topological polar surface area (TPSA) is 58.6 Å². The molecule has 1 amide bonds. The zero-order valence-electron chi connectivity index (χ0n) is 14.3. The van der Waals surface area contributed by atoms with Crippen LogP contribution in [0.15, 0.2) is 40.1 Å². The summed E-state index contributed by atoms with van der Waals surface area (Å²) in [5, 5.41) is 5.39. The molecule has 6 heteroatoms. The lowest BCUT2D eigenvalue weighted by molar-refractivity contribution is -0.131. The summed E-state index contributed by atoms with van der Waals surface area (Å²) in [6.45, 7) is 4.31. The van der Waals surface area contributed by atoms with E-state index in [4.69, 9.17) is 4.74 Å². The average molecular weight is 358 g/mol. The zero-order chi connectivity index (χ0) is 17.4. The third-order valence-electron chi connectivity index (χ3n) is 5.13. The fourth-order valence-corrected chi connectivity index (χ4v) is 4.79. The summed E-state index contributed by atoms with van der Waals surface area (Å²) in [6, 6.07) is 4.02. The van der Waals surface area contributed by atoms with Gasteiger partial charge < -0.3 is 15.0 Å². The minimum absolute atomic E-state index is 0.0247. The minimum atomic E-state index is -0.237. The molecule has 1 atom stereocenters. The van der Waals surface area contributed by atoms with Gasteiger partial charge in [0.05, 0.1) is 19.1 Å². The van der Waals surface area contributed by atoms with Gasteiger partial charge in [-0.1, -0.05) is 6.07 Å². The van der Waals surface area contributed by atoms with Crippen LogP contribution in [0.2, 0.25) is 0 Å². The van der Waals surface area contributed by atoms with Crippen LogP contribution in [0.1, 0.15) is 37.0 Å². The summed E-state index contributed by atoms with van der Waals surface area (Å²) in [7, 11) is 0. The van der Waals surface area contributed by atoms with Gasteiger partial charge in [-0.25, -0.2) is 0 Å². The van der Waals surface area contributed by atoms with Gasteiger partial charge in [-0.15, -0.1) is 11.3 Å². The maximum Gasteiger partial charge on any atom is 0.252 e. The Morgan fingerprint density at radius 1 is 1.32 bits per heavy atom. The number of allylic oxidation sites excluding steroid dienone is 3. The van der Waals surface area contributed by atoms with Gasteiger partial charge in [0, 0.05) is 46.9 Å². The Balaban J connectivity index is 1.78. The molecule has 0 bridgehead atoms. The summed E-state index contributed by atoms with van der Waals surface area (Å²) in [5.74, 6) is -0.0389. The molecule has 1 saturated heterocycles. The number of ether oxygens (including phenoxy) is 1. The number of hydrogen-bond acceptors (Lipinski definition) is 5. The number of rotatable bonds is 2. The van der Waals surface area contributed by atoms with Crippen LogP contribution in [0.5, 0.6) is 0 Å². The van der Waals surface area contributed by atoms with E-state index in [1.54, 1.807) is 11.3 Å². The number of hydrogen-bond donors (Lipinski definition) is 1. The predicted molar refractivity (Wildman–Crippen MR) is 96.2 cm³/mol. The van der Waals surface area contributed by atoms with E-state index in [-0.39, 0.29) is 17.6 Å². The number of ketones is 1. The van der Waals surface area contributed by atoms with Crippen molar-refractivity contribution in [1.82, 2.24) is 10.2 Å². The standard InChI is InChI=1S/C19H22N2O3S/c1-12-16(19(23)21-7-9-24-10-8-21)18(15-6-3-11-25-15)17-13(20-12)4-2-5-14(17)22/h3,6,11,18,20H,2,4-5,7-10H2,1H3. The van der Waals surface area contributed by atoms with E-state index in [1.165, 1.54) is 0 Å². The summed E-state index contributed by atoms with van der Waals surface area (Å²) >= 11 is 1.61. The van der Waals surface area contributed by atoms with Crippen LogP contribution in [0.25, 0.3) is 0 Å². The zero-order valence-corrected chi connectivity index (χ0v) is 15.2. The van der Waals surface area contributed by atoms with Crippen molar-refractivity contribution >= 4 is 23.0 Å². The third kappa shape index (κ3) is 2.93. The maximum absolute atomic E-state index is 13.3. The van der Waals surface area contributed by atoms with E-state index in [0.29, 0.717) is 32.7 Å². The molecule has 132 valence electrons. The lowest BCUT2D eigenvalue weighted by atomic mass is 9.77. The largest absolute Gasteiger partial charge is 0.378 e. The summed E-state index contributed by atoms with van der Waals surface area (Å²) in [5.41, 5.74) is 3.41. The third-order valence-corrected chi connectivity index (χ3v) is 6.07. The van der Waals surface area contributed by atoms with Crippen LogP contribution in [0, 0.1) is 0 Å². The van der Waals surface area contributed by atoms with E-state index in [0.717, 1.165) is 40.3 Å². The SMILES string of the molecule is CC1=C(C(=O)N2CCOCC2)C(c2cccs2)C2=C(CCCC2=O)N1. The van der Waals surface area contributed by atoms with Gasteiger partial charge in [0.2, 0.25) is 0 Å². The number of nitrogens with one attached hydrogen (secondary N) is 1. The van der Waals surface area contributed by atoms with Gasteiger partial charge in [-0.3, -0.25) is 9.59 Å². The first-order valence-electron chi connectivity index (χ1n) is 8.81. The van der Waals surface area contributed by atoms with E-state index >= 15 is 0 Å². The van der Waals surface area contributed by atoms with E-state index < -0.39 is 0 Å². The molecule has 3 aliphatic rings. The Kier molecular flexibility index (Phi) is 4.48. The van der Waals surface area contributed by atoms with Crippen molar-refractivity contribution in [3.05, 3.63) is 44.9 Å². The van der Waals surface area contributed by atoms with Crippen LogP contribution in [0.3, 0.4) is 0 Å². The molecule has 1 aliphatic carbocycles. The predicted octanol–water partition coefficient (Wildman–Crippen LogP) is 2.57. The smallest absolute Gasteiger partial charge is 0.252 e. The summed E-state index contributed by atoms with van der Waals surface area (Å²) in [4.78, 5) is 28.9. The Bertz CT molecular complexity index is 758. The molecule has 25 heavy (non-hydrogen) atoms. The molecular formula is C19H22N2O3S. The van der Waals surface area contributed by atoms with E-state index in [1.807, 2.05) is 29.3 Å². The normalized spacial score (nSPS) is 24.3. The highest BCUT2D eigenvalue weighted by Gasteiger charge is 2.40. The molecule has 0 saturated carbocycles. The number of morpholine rings is 1. The van der Waals surface area contributed by atoms with Crippen molar-refractivity contribution in [2.24, 2.45) is 0 Å². The molecule has 5 nitrogen and oxygen atoms in total. The van der Waals surface area contributed by atoms with Crippen LogP contribution < -0.4 is 5.32 Å². The molecule has 0 spiro atoms. The molecule has 0 aromatic carbocycles. The Morgan fingerprint density at radius 2 is 2.12 bits per heavy atom. The Labute approximate surface area is 151 Å². The average Bonchev–Trinajstić information content (AvgIpc) is 3.15. The van der Waals surface area contributed by atoms with Crippen LogP contribution in [-0.2, 0) is 14.3 Å². The Hall–Kier alpha value is -1.92. The molecule has 2 aliphatic heterocycles. The van der Waals surface area contributed by atoms with Gasteiger partial charge in [0.1, 0.15) is 0 Å². The molecule has 1 fully saturated rings. The highest BCUT2D eigenvalue weighted by molar-refractivity contribution is 7.10. The second-order valence-electron chi connectivity index (χ2n) is 6.69. The number of Topliss-reactive ketones (excluding diaryl/α,β-unsaturated/α-hetero) is 1. The van der Waals surface area contributed by atoms with Gasteiger partial charge in [-0.2, -0.15) is 0 Å². The number of carbonyl (C=O) groups is 2. The Morgan fingerprint density at radius 3 is 2.84 bits per heavy atom. The van der Waals surface area contributed by atoms with E-state index in [2.05, 4.69) is 5.32 Å². The quantitative estimate of drug-likeness (QED) is 0.883. The number of carbonyl (C=O) groups excluding carboxylic acids is 2. The number of dihydropyridines is 1. The summed E-state index contributed by atoms with van der Waals surface area (Å²) < 4.78 is 5.38. The van der Waals surface area contributed by atoms with Gasteiger partial charge >= 0.3 is 0 Å². The second kappa shape index (κ2) is 6.77. The van der Waals surface area contributed by atoms with Crippen LogP contribution in [0.4, 0.5) is 0 Å². The van der Waals surface area contributed by atoms with Crippen molar-refractivity contribution in [2.45, 2.75) is 32.1 Å². The summed E-state index contributed by atoms with van der Waals surface area (Å²) in [6.07, 6.45) is 2.32. The first-order chi connectivity index (χ1) is 12.2. The molecule has 1 aromatic heterocycles. The number of amides is 1.